The summed E-state index contributed by atoms with van der Waals surface area (Å²) in [6.45, 7) is 6.34. The summed E-state index contributed by atoms with van der Waals surface area (Å²) in [6, 6.07) is 7.12. The van der Waals surface area contributed by atoms with E-state index < -0.39 is 17.7 Å². The molecule has 1 atom stereocenters. The molecule has 6 nitrogen and oxygen atoms in total. The third kappa shape index (κ3) is 4.56. The molecule has 1 aliphatic heterocycles. The van der Waals surface area contributed by atoms with E-state index >= 15 is 0 Å². The summed E-state index contributed by atoms with van der Waals surface area (Å²) in [4.78, 5) is 27.1. The van der Waals surface area contributed by atoms with Gasteiger partial charge in [0.15, 0.2) is 0 Å². The van der Waals surface area contributed by atoms with Crippen molar-refractivity contribution in [1.82, 2.24) is 4.90 Å². The molecule has 3 rings (SSSR count). The van der Waals surface area contributed by atoms with Crippen molar-refractivity contribution in [2.75, 3.05) is 13.2 Å². The first-order valence-electron chi connectivity index (χ1n) is 9.62. The Morgan fingerprint density at radius 1 is 1.20 bits per heavy atom. The number of likely N-dealkylation sites (tertiary alicyclic amines) is 1. The fourth-order valence-corrected chi connectivity index (χ4v) is 3.66. The SMILES string of the molecule is Cc1ccc(C2/C(=C(/O)c3ccc(Cl)c(Cl)c3)C(=O)C(=O)N2CCCOC(C)C)o1. The molecule has 0 spiro atoms. The number of carbonyl (C=O) groups excluding carboxylic acids is 2. The van der Waals surface area contributed by atoms with E-state index in [2.05, 4.69) is 0 Å². The second-order valence-electron chi connectivity index (χ2n) is 7.34. The third-order valence-electron chi connectivity index (χ3n) is 4.76. The van der Waals surface area contributed by atoms with E-state index in [0.717, 1.165) is 0 Å². The largest absolute Gasteiger partial charge is 0.507 e. The molecular weight excluding hydrogens is 429 g/mol. The Labute approximate surface area is 185 Å². The average molecular weight is 452 g/mol. The lowest BCUT2D eigenvalue weighted by atomic mass is 9.99. The number of carbonyl (C=O) groups is 2. The zero-order valence-corrected chi connectivity index (χ0v) is 18.5. The van der Waals surface area contributed by atoms with Crippen molar-refractivity contribution in [2.24, 2.45) is 0 Å². The Kier molecular flexibility index (Phi) is 6.91. The van der Waals surface area contributed by atoms with Crippen LogP contribution >= 0.6 is 23.2 Å². The summed E-state index contributed by atoms with van der Waals surface area (Å²) in [5, 5.41) is 11.5. The van der Waals surface area contributed by atoms with Gasteiger partial charge < -0.3 is 19.2 Å². The molecule has 0 bridgehead atoms. The van der Waals surface area contributed by atoms with Gasteiger partial charge in [0.05, 0.1) is 21.7 Å². The molecule has 0 radical (unpaired) electrons. The van der Waals surface area contributed by atoms with Gasteiger partial charge in [0, 0.05) is 18.7 Å². The highest BCUT2D eigenvalue weighted by molar-refractivity contribution is 6.46. The topological polar surface area (TPSA) is 80.0 Å². The number of aliphatic hydroxyl groups is 1. The minimum absolute atomic E-state index is 0.0440. The van der Waals surface area contributed by atoms with Crippen LogP contribution in [0.3, 0.4) is 0 Å². The second-order valence-corrected chi connectivity index (χ2v) is 8.16. The van der Waals surface area contributed by atoms with Crippen molar-refractivity contribution in [3.63, 3.8) is 0 Å². The fourth-order valence-electron chi connectivity index (χ4n) is 3.36. The van der Waals surface area contributed by atoms with Crippen LogP contribution in [-0.2, 0) is 14.3 Å². The maximum atomic E-state index is 12.9. The van der Waals surface area contributed by atoms with Gasteiger partial charge in [-0.15, -0.1) is 0 Å². The van der Waals surface area contributed by atoms with Gasteiger partial charge in [0.2, 0.25) is 0 Å². The minimum atomic E-state index is -0.841. The fraction of sp³-hybridized carbons (Fsp3) is 0.364. The molecule has 160 valence electrons. The Hall–Kier alpha value is -2.28. The molecule has 1 aliphatic rings. The second kappa shape index (κ2) is 9.25. The lowest BCUT2D eigenvalue weighted by Gasteiger charge is -2.23. The van der Waals surface area contributed by atoms with Gasteiger partial charge in [0.25, 0.3) is 11.7 Å². The van der Waals surface area contributed by atoms with E-state index in [1.165, 1.54) is 23.1 Å². The molecule has 1 fully saturated rings. The first-order valence-corrected chi connectivity index (χ1v) is 10.4. The molecule has 30 heavy (non-hydrogen) atoms. The number of ether oxygens (including phenoxy) is 1. The van der Waals surface area contributed by atoms with Gasteiger partial charge in [-0.3, -0.25) is 9.59 Å². The van der Waals surface area contributed by atoms with Crippen molar-refractivity contribution in [3.8, 4) is 0 Å². The van der Waals surface area contributed by atoms with E-state index in [0.29, 0.717) is 35.1 Å². The number of aryl methyl sites for hydroxylation is 1. The van der Waals surface area contributed by atoms with Gasteiger partial charge in [-0.25, -0.2) is 0 Å². The normalized spacial score (nSPS) is 18.6. The van der Waals surface area contributed by atoms with E-state index in [1.807, 2.05) is 13.8 Å². The number of amides is 1. The van der Waals surface area contributed by atoms with E-state index in [1.54, 1.807) is 19.1 Å². The Bertz CT molecular complexity index is 995. The van der Waals surface area contributed by atoms with Crippen LogP contribution in [-0.4, -0.2) is 41.0 Å². The molecule has 0 saturated carbocycles. The summed E-state index contributed by atoms with van der Waals surface area (Å²) in [7, 11) is 0. The Morgan fingerprint density at radius 2 is 1.93 bits per heavy atom. The number of rotatable bonds is 7. The molecule has 1 aromatic heterocycles. The maximum absolute atomic E-state index is 12.9. The van der Waals surface area contributed by atoms with Crippen molar-refractivity contribution < 1.29 is 23.8 Å². The molecule has 1 amide bonds. The van der Waals surface area contributed by atoms with E-state index in [-0.39, 0.29) is 29.0 Å². The van der Waals surface area contributed by atoms with Crippen molar-refractivity contribution in [3.05, 3.63) is 63.0 Å². The lowest BCUT2D eigenvalue weighted by molar-refractivity contribution is -0.140. The molecule has 1 N–H and O–H groups in total. The highest BCUT2D eigenvalue weighted by atomic mass is 35.5. The van der Waals surface area contributed by atoms with Gasteiger partial charge in [-0.2, -0.15) is 0 Å². The number of halogens is 2. The summed E-state index contributed by atoms with van der Waals surface area (Å²) in [5.74, 6) is -0.763. The number of ketones is 1. The molecular formula is C22H23Cl2NO5. The van der Waals surface area contributed by atoms with Crippen LogP contribution in [0.15, 0.2) is 40.3 Å². The Balaban J connectivity index is 2.02. The molecule has 2 heterocycles. The molecule has 0 aliphatic carbocycles. The summed E-state index contributed by atoms with van der Waals surface area (Å²) >= 11 is 12.0. The van der Waals surface area contributed by atoms with Crippen molar-refractivity contribution in [2.45, 2.75) is 39.3 Å². The molecule has 1 aromatic carbocycles. The molecule has 8 heteroatoms. The Morgan fingerprint density at radius 3 is 2.53 bits per heavy atom. The van der Waals surface area contributed by atoms with Gasteiger partial charge >= 0.3 is 0 Å². The number of furan rings is 1. The van der Waals surface area contributed by atoms with E-state index in [4.69, 9.17) is 32.4 Å². The van der Waals surface area contributed by atoms with Crippen LogP contribution in [0.5, 0.6) is 0 Å². The highest BCUT2D eigenvalue weighted by Gasteiger charge is 2.47. The zero-order valence-electron chi connectivity index (χ0n) is 16.9. The quantitative estimate of drug-likeness (QED) is 0.273. The summed E-state index contributed by atoms with van der Waals surface area (Å²) in [5.41, 5.74) is 0.247. The minimum Gasteiger partial charge on any atom is -0.507 e. The van der Waals surface area contributed by atoms with Crippen LogP contribution in [0.1, 0.15) is 43.4 Å². The van der Waals surface area contributed by atoms with Crippen LogP contribution in [0, 0.1) is 6.92 Å². The highest BCUT2D eigenvalue weighted by Crippen LogP contribution is 2.40. The van der Waals surface area contributed by atoms with Gasteiger partial charge in [-0.05, 0) is 57.5 Å². The van der Waals surface area contributed by atoms with E-state index in [9.17, 15) is 14.7 Å². The van der Waals surface area contributed by atoms with Crippen LogP contribution in [0.25, 0.3) is 5.76 Å². The van der Waals surface area contributed by atoms with Crippen molar-refractivity contribution in [1.29, 1.82) is 0 Å². The van der Waals surface area contributed by atoms with Crippen molar-refractivity contribution >= 4 is 40.7 Å². The van der Waals surface area contributed by atoms with Crippen LogP contribution in [0.2, 0.25) is 10.0 Å². The standard InChI is InChI=1S/C22H23Cl2NO5/c1-12(2)29-10-4-9-25-19(17-8-5-13(3)30-17)18(21(27)22(25)28)20(26)14-6-7-15(23)16(24)11-14/h5-8,11-12,19,26H,4,9-10H2,1-3H3/b20-18-. The smallest absolute Gasteiger partial charge is 0.295 e. The molecule has 2 aromatic rings. The van der Waals surface area contributed by atoms with Gasteiger partial charge in [0.1, 0.15) is 23.3 Å². The first kappa shape index (κ1) is 22.4. The monoisotopic (exact) mass is 451 g/mol. The number of aliphatic hydroxyl groups excluding tert-OH is 1. The number of Topliss-reactive ketones (excluding diaryl/α,β-unsaturated/α-hetero) is 1. The summed E-state index contributed by atoms with van der Waals surface area (Å²) < 4.78 is 11.3. The maximum Gasteiger partial charge on any atom is 0.295 e. The number of nitrogens with zero attached hydrogens (tertiary/aromatic N) is 1. The number of hydrogen-bond donors (Lipinski definition) is 1. The average Bonchev–Trinajstić information content (AvgIpc) is 3.22. The van der Waals surface area contributed by atoms with Crippen LogP contribution < -0.4 is 0 Å². The number of hydrogen-bond acceptors (Lipinski definition) is 5. The third-order valence-corrected chi connectivity index (χ3v) is 5.50. The molecule has 1 saturated heterocycles. The zero-order chi connectivity index (χ0) is 22.0. The summed E-state index contributed by atoms with van der Waals surface area (Å²) in [6.07, 6.45) is 0.604. The first-order chi connectivity index (χ1) is 14.2. The predicted molar refractivity (Wildman–Crippen MR) is 115 cm³/mol. The van der Waals surface area contributed by atoms with Crippen LogP contribution in [0.4, 0.5) is 0 Å². The predicted octanol–water partition coefficient (Wildman–Crippen LogP) is 5.13. The molecule has 1 unspecified atom stereocenters. The number of benzene rings is 1. The lowest BCUT2D eigenvalue weighted by Crippen LogP contribution is -2.31. The van der Waals surface area contributed by atoms with Gasteiger partial charge in [-0.1, -0.05) is 23.2 Å².